The maximum atomic E-state index is 13.5. The second-order valence-electron chi connectivity index (χ2n) is 5.37. The average molecular weight is 285 g/mol. The molecule has 1 N–H and O–H groups in total. The molecule has 1 fully saturated rings. The summed E-state index contributed by atoms with van der Waals surface area (Å²) in [4.78, 5) is 2.24. The summed E-state index contributed by atoms with van der Waals surface area (Å²) >= 11 is 5.95. The highest BCUT2D eigenvalue weighted by Crippen LogP contribution is 2.24. The fourth-order valence-corrected chi connectivity index (χ4v) is 2.79. The number of anilines is 1. The van der Waals surface area contributed by atoms with E-state index in [9.17, 15) is 4.39 Å². The number of nitrogens with one attached hydrogen (secondary N) is 1. The van der Waals surface area contributed by atoms with Gasteiger partial charge in [0.1, 0.15) is 5.82 Å². The van der Waals surface area contributed by atoms with Crippen LogP contribution >= 0.6 is 11.6 Å². The van der Waals surface area contributed by atoms with Gasteiger partial charge in [0.15, 0.2) is 0 Å². The molecule has 0 bridgehead atoms. The molecule has 1 aromatic rings. The fourth-order valence-electron chi connectivity index (χ4n) is 2.57. The average Bonchev–Trinajstić information content (AvgIpc) is 2.62. The number of rotatable bonds is 3. The van der Waals surface area contributed by atoms with Crippen molar-refractivity contribution in [2.24, 2.45) is 5.92 Å². The van der Waals surface area contributed by atoms with E-state index in [1.165, 1.54) is 6.07 Å². The Kier molecular flexibility index (Phi) is 5.06. The van der Waals surface area contributed by atoms with Gasteiger partial charge in [0.2, 0.25) is 0 Å². The molecule has 19 heavy (non-hydrogen) atoms. The van der Waals surface area contributed by atoms with Gasteiger partial charge in [0, 0.05) is 29.8 Å². The van der Waals surface area contributed by atoms with Crippen LogP contribution in [0.4, 0.5) is 10.1 Å². The van der Waals surface area contributed by atoms with Crippen LogP contribution in [0.25, 0.3) is 0 Å². The number of benzene rings is 1. The van der Waals surface area contributed by atoms with Crippen LogP contribution in [0.15, 0.2) is 18.2 Å². The zero-order valence-electron chi connectivity index (χ0n) is 11.6. The smallest absolute Gasteiger partial charge is 0.126 e. The number of halogens is 2. The van der Waals surface area contributed by atoms with Gasteiger partial charge in [-0.1, -0.05) is 31.9 Å². The Bertz CT molecular complexity index is 404. The van der Waals surface area contributed by atoms with E-state index < -0.39 is 0 Å². The molecule has 0 spiro atoms. The quantitative estimate of drug-likeness (QED) is 0.911. The van der Waals surface area contributed by atoms with Crippen molar-refractivity contribution in [1.29, 1.82) is 0 Å². The highest BCUT2D eigenvalue weighted by molar-refractivity contribution is 6.30. The van der Waals surface area contributed by atoms with Crippen LogP contribution < -0.4 is 10.2 Å². The van der Waals surface area contributed by atoms with Gasteiger partial charge in [0.25, 0.3) is 0 Å². The van der Waals surface area contributed by atoms with E-state index in [0.717, 1.165) is 38.2 Å². The lowest BCUT2D eigenvalue weighted by Gasteiger charge is -2.29. The van der Waals surface area contributed by atoms with E-state index in [0.29, 0.717) is 17.0 Å². The Balaban J connectivity index is 2.17. The minimum atomic E-state index is -0.264. The maximum absolute atomic E-state index is 13.5. The zero-order chi connectivity index (χ0) is 13.8. The van der Waals surface area contributed by atoms with E-state index in [1.807, 2.05) is 6.07 Å². The van der Waals surface area contributed by atoms with Crippen molar-refractivity contribution in [1.82, 2.24) is 5.32 Å². The van der Waals surface area contributed by atoms with Gasteiger partial charge in [-0.2, -0.15) is 0 Å². The van der Waals surface area contributed by atoms with Crippen LogP contribution in [0.2, 0.25) is 5.02 Å². The van der Waals surface area contributed by atoms with Gasteiger partial charge in [0.05, 0.1) is 0 Å². The van der Waals surface area contributed by atoms with Crippen LogP contribution in [-0.4, -0.2) is 25.7 Å². The third kappa shape index (κ3) is 3.83. The second-order valence-corrected chi connectivity index (χ2v) is 5.81. The van der Waals surface area contributed by atoms with Crippen LogP contribution in [0.1, 0.15) is 26.7 Å². The van der Waals surface area contributed by atoms with Gasteiger partial charge in [-0.3, -0.25) is 0 Å². The molecule has 0 aliphatic carbocycles. The molecule has 0 radical (unpaired) electrons. The van der Waals surface area contributed by atoms with Crippen molar-refractivity contribution in [3.8, 4) is 0 Å². The van der Waals surface area contributed by atoms with Crippen LogP contribution in [0.5, 0.6) is 0 Å². The van der Waals surface area contributed by atoms with Crippen LogP contribution in [0, 0.1) is 11.7 Å². The summed E-state index contributed by atoms with van der Waals surface area (Å²) in [6, 6.07) is 5.23. The fraction of sp³-hybridized carbons (Fsp3) is 0.600. The van der Waals surface area contributed by atoms with Crippen molar-refractivity contribution >= 4 is 17.3 Å². The molecule has 1 aromatic carbocycles. The summed E-state index contributed by atoms with van der Waals surface area (Å²) in [5.41, 5.74) is 0.891. The molecule has 2 unspecified atom stereocenters. The monoisotopic (exact) mass is 284 g/mol. The van der Waals surface area contributed by atoms with E-state index >= 15 is 0 Å². The first-order chi connectivity index (χ1) is 9.10. The summed E-state index contributed by atoms with van der Waals surface area (Å²) in [7, 11) is 0. The Morgan fingerprint density at radius 1 is 1.47 bits per heavy atom. The summed E-state index contributed by atoms with van der Waals surface area (Å²) in [6.07, 6.45) is 2.22. The SMILES string of the molecule is CCC(C)C1CN(c2cc(F)cc(Cl)c2)CCCN1. The number of nitrogens with zero attached hydrogens (tertiary/aromatic N) is 1. The van der Waals surface area contributed by atoms with Crippen molar-refractivity contribution < 1.29 is 4.39 Å². The molecule has 1 heterocycles. The van der Waals surface area contributed by atoms with Gasteiger partial charge in [-0.25, -0.2) is 4.39 Å². The summed E-state index contributed by atoms with van der Waals surface area (Å²) < 4.78 is 13.5. The highest BCUT2D eigenvalue weighted by atomic mass is 35.5. The van der Waals surface area contributed by atoms with Gasteiger partial charge in [-0.15, -0.1) is 0 Å². The molecule has 2 rings (SSSR count). The first-order valence-electron chi connectivity index (χ1n) is 7.04. The van der Waals surface area contributed by atoms with Gasteiger partial charge >= 0.3 is 0 Å². The molecule has 1 saturated heterocycles. The lowest BCUT2D eigenvalue weighted by molar-refractivity contribution is 0.384. The third-order valence-corrected chi connectivity index (χ3v) is 4.19. The molecule has 106 valence electrons. The zero-order valence-corrected chi connectivity index (χ0v) is 12.4. The lowest BCUT2D eigenvalue weighted by Crippen LogP contribution is -2.42. The van der Waals surface area contributed by atoms with Gasteiger partial charge in [-0.05, 0) is 37.1 Å². The van der Waals surface area contributed by atoms with E-state index in [1.54, 1.807) is 6.07 Å². The minimum Gasteiger partial charge on any atom is -0.370 e. The third-order valence-electron chi connectivity index (χ3n) is 3.97. The minimum absolute atomic E-state index is 0.264. The molecule has 0 saturated carbocycles. The van der Waals surface area contributed by atoms with Crippen molar-refractivity contribution in [2.75, 3.05) is 24.5 Å². The highest BCUT2D eigenvalue weighted by Gasteiger charge is 2.22. The molecule has 0 aromatic heterocycles. The molecule has 1 aliphatic rings. The molecular weight excluding hydrogens is 263 g/mol. The molecule has 2 nitrogen and oxygen atoms in total. The predicted octanol–water partition coefficient (Wildman–Crippen LogP) is 3.69. The van der Waals surface area contributed by atoms with E-state index in [2.05, 4.69) is 24.1 Å². The predicted molar refractivity (Wildman–Crippen MR) is 79.5 cm³/mol. The normalized spacial score (nSPS) is 22.1. The molecule has 2 atom stereocenters. The number of hydrogen-bond donors (Lipinski definition) is 1. The first-order valence-corrected chi connectivity index (χ1v) is 7.42. The Labute approximate surface area is 119 Å². The van der Waals surface area contributed by atoms with Crippen LogP contribution in [0.3, 0.4) is 0 Å². The molecule has 4 heteroatoms. The molecule has 1 aliphatic heterocycles. The topological polar surface area (TPSA) is 15.3 Å². The van der Waals surface area contributed by atoms with Crippen molar-refractivity contribution in [3.05, 3.63) is 29.0 Å². The molecular formula is C15H22ClFN2. The van der Waals surface area contributed by atoms with E-state index in [4.69, 9.17) is 11.6 Å². The second kappa shape index (κ2) is 6.58. The summed E-state index contributed by atoms with van der Waals surface area (Å²) in [5, 5.41) is 4.06. The lowest BCUT2D eigenvalue weighted by atomic mass is 9.99. The molecule has 0 amide bonds. The van der Waals surface area contributed by atoms with Crippen LogP contribution in [-0.2, 0) is 0 Å². The largest absolute Gasteiger partial charge is 0.370 e. The number of hydrogen-bond acceptors (Lipinski definition) is 2. The maximum Gasteiger partial charge on any atom is 0.126 e. The van der Waals surface area contributed by atoms with E-state index in [-0.39, 0.29) is 5.82 Å². The van der Waals surface area contributed by atoms with Crippen molar-refractivity contribution in [3.63, 3.8) is 0 Å². The Morgan fingerprint density at radius 2 is 2.26 bits per heavy atom. The summed E-state index contributed by atoms with van der Waals surface area (Å²) in [6.45, 7) is 7.35. The summed E-state index contributed by atoms with van der Waals surface area (Å²) in [5.74, 6) is 0.351. The van der Waals surface area contributed by atoms with Crippen molar-refractivity contribution in [2.45, 2.75) is 32.7 Å². The van der Waals surface area contributed by atoms with Gasteiger partial charge < -0.3 is 10.2 Å². The first kappa shape index (κ1) is 14.6. The standard InChI is InChI=1S/C15H22ClFN2/c1-3-11(2)15-10-19(6-4-5-18-15)14-8-12(16)7-13(17)9-14/h7-9,11,15,18H,3-6,10H2,1-2H3. The Hall–Kier alpha value is -0.800. The Morgan fingerprint density at radius 3 is 2.95 bits per heavy atom.